The fourth-order valence-corrected chi connectivity index (χ4v) is 3.33. The Bertz CT molecular complexity index is 427. The Morgan fingerprint density at radius 2 is 2.17 bits per heavy atom. The SMILES string of the molecule is CCN1CCc2c(C3CN(CCO)C3)cccc21. The Labute approximate surface area is 109 Å². The van der Waals surface area contributed by atoms with Crippen molar-refractivity contribution in [3.63, 3.8) is 0 Å². The van der Waals surface area contributed by atoms with E-state index in [0.717, 1.165) is 26.2 Å². The summed E-state index contributed by atoms with van der Waals surface area (Å²) >= 11 is 0. The molecular weight excluding hydrogens is 224 g/mol. The molecular formula is C15H22N2O. The molecule has 1 fully saturated rings. The van der Waals surface area contributed by atoms with Gasteiger partial charge in [-0.1, -0.05) is 12.1 Å². The molecule has 3 nitrogen and oxygen atoms in total. The summed E-state index contributed by atoms with van der Waals surface area (Å²) in [6.45, 7) is 7.85. The predicted molar refractivity (Wildman–Crippen MR) is 74.3 cm³/mol. The van der Waals surface area contributed by atoms with Crippen LogP contribution < -0.4 is 4.90 Å². The summed E-state index contributed by atoms with van der Waals surface area (Å²) in [5.41, 5.74) is 4.58. The Balaban J connectivity index is 1.77. The lowest BCUT2D eigenvalue weighted by atomic mass is 9.87. The lowest BCUT2D eigenvalue weighted by Crippen LogP contribution is -2.46. The Kier molecular flexibility index (Phi) is 3.27. The smallest absolute Gasteiger partial charge is 0.0558 e. The third kappa shape index (κ3) is 1.91. The van der Waals surface area contributed by atoms with Crippen molar-refractivity contribution in [2.75, 3.05) is 44.2 Å². The number of aliphatic hydroxyl groups excluding tert-OH is 1. The average Bonchev–Trinajstić information content (AvgIpc) is 2.76. The number of likely N-dealkylation sites (N-methyl/N-ethyl adjacent to an activating group) is 1. The van der Waals surface area contributed by atoms with Gasteiger partial charge in [0.1, 0.15) is 0 Å². The minimum absolute atomic E-state index is 0.281. The van der Waals surface area contributed by atoms with Crippen molar-refractivity contribution in [2.24, 2.45) is 0 Å². The van der Waals surface area contributed by atoms with Gasteiger partial charge < -0.3 is 10.0 Å². The summed E-state index contributed by atoms with van der Waals surface area (Å²) in [6.07, 6.45) is 1.20. The van der Waals surface area contributed by atoms with E-state index in [1.165, 1.54) is 18.7 Å². The molecule has 1 saturated heterocycles. The van der Waals surface area contributed by atoms with Gasteiger partial charge in [-0.05, 0) is 30.5 Å². The summed E-state index contributed by atoms with van der Waals surface area (Å²) in [7, 11) is 0. The number of hydrogen-bond acceptors (Lipinski definition) is 3. The number of anilines is 1. The van der Waals surface area contributed by atoms with E-state index >= 15 is 0 Å². The van der Waals surface area contributed by atoms with Crippen LogP contribution in [0.3, 0.4) is 0 Å². The summed E-state index contributed by atoms with van der Waals surface area (Å²) in [4.78, 5) is 4.81. The van der Waals surface area contributed by atoms with E-state index in [-0.39, 0.29) is 6.61 Å². The summed E-state index contributed by atoms with van der Waals surface area (Å²) < 4.78 is 0. The summed E-state index contributed by atoms with van der Waals surface area (Å²) in [5, 5.41) is 8.93. The van der Waals surface area contributed by atoms with Gasteiger partial charge in [-0.25, -0.2) is 0 Å². The number of benzene rings is 1. The van der Waals surface area contributed by atoms with E-state index in [9.17, 15) is 0 Å². The molecule has 18 heavy (non-hydrogen) atoms. The van der Waals surface area contributed by atoms with Crippen LogP contribution in [0.25, 0.3) is 0 Å². The maximum absolute atomic E-state index is 8.93. The molecule has 0 unspecified atom stereocenters. The maximum Gasteiger partial charge on any atom is 0.0558 e. The van der Waals surface area contributed by atoms with Gasteiger partial charge in [0.25, 0.3) is 0 Å². The predicted octanol–water partition coefficient (Wildman–Crippen LogP) is 1.46. The highest BCUT2D eigenvalue weighted by Gasteiger charge is 2.31. The second-order valence-electron chi connectivity index (χ2n) is 5.35. The van der Waals surface area contributed by atoms with Gasteiger partial charge in [-0.2, -0.15) is 0 Å². The molecule has 2 heterocycles. The Morgan fingerprint density at radius 1 is 1.33 bits per heavy atom. The van der Waals surface area contributed by atoms with Crippen LogP contribution in [0.5, 0.6) is 0 Å². The van der Waals surface area contributed by atoms with Crippen LogP contribution in [-0.4, -0.2) is 49.3 Å². The van der Waals surface area contributed by atoms with E-state index in [1.54, 1.807) is 11.1 Å². The molecule has 0 aliphatic carbocycles. The van der Waals surface area contributed by atoms with Crippen LogP contribution in [0.1, 0.15) is 24.0 Å². The highest BCUT2D eigenvalue weighted by molar-refractivity contribution is 5.61. The normalized spacial score (nSPS) is 20.0. The first kappa shape index (κ1) is 12.0. The van der Waals surface area contributed by atoms with Crippen LogP contribution in [0.2, 0.25) is 0 Å². The van der Waals surface area contributed by atoms with Gasteiger partial charge in [-0.15, -0.1) is 0 Å². The quantitative estimate of drug-likeness (QED) is 0.871. The standard InChI is InChI=1S/C15H22N2O/c1-2-17-7-6-14-13(4-3-5-15(14)17)12-10-16(11-12)8-9-18/h3-5,12,18H,2,6-11H2,1H3. The van der Waals surface area contributed by atoms with Gasteiger partial charge in [0.2, 0.25) is 0 Å². The zero-order chi connectivity index (χ0) is 12.5. The first-order valence-corrected chi connectivity index (χ1v) is 7.03. The van der Waals surface area contributed by atoms with Crippen molar-refractivity contribution >= 4 is 5.69 Å². The molecule has 2 aliphatic heterocycles. The van der Waals surface area contributed by atoms with Crippen LogP contribution in [0.4, 0.5) is 5.69 Å². The summed E-state index contributed by atoms with van der Waals surface area (Å²) in [5.74, 6) is 0.684. The molecule has 0 spiro atoms. The monoisotopic (exact) mass is 246 g/mol. The zero-order valence-electron chi connectivity index (χ0n) is 11.1. The van der Waals surface area contributed by atoms with Crippen molar-refractivity contribution in [2.45, 2.75) is 19.3 Å². The molecule has 0 aromatic heterocycles. The molecule has 0 bridgehead atoms. The van der Waals surface area contributed by atoms with Crippen molar-refractivity contribution in [3.8, 4) is 0 Å². The molecule has 1 aromatic rings. The lowest BCUT2D eigenvalue weighted by molar-refractivity contribution is 0.115. The number of hydrogen-bond donors (Lipinski definition) is 1. The van der Waals surface area contributed by atoms with Crippen molar-refractivity contribution in [1.82, 2.24) is 4.90 Å². The highest BCUT2D eigenvalue weighted by atomic mass is 16.3. The largest absolute Gasteiger partial charge is 0.395 e. The van der Waals surface area contributed by atoms with Crippen molar-refractivity contribution in [3.05, 3.63) is 29.3 Å². The topological polar surface area (TPSA) is 26.7 Å². The van der Waals surface area contributed by atoms with Crippen LogP contribution in [0.15, 0.2) is 18.2 Å². The first-order valence-electron chi connectivity index (χ1n) is 7.03. The number of fused-ring (bicyclic) bond motifs is 1. The van der Waals surface area contributed by atoms with Crippen LogP contribution in [0, 0.1) is 0 Å². The molecule has 3 rings (SSSR count). The molecule has 0 radical (unpaired) electrons. The molecule has 2 aliphatic rings. The van der Waals surface area contributed by atoms with Gasteiger partial charge in [0, 0.05) is 44.3 Å². The number of β-amino-alcohol motifs (C(OH)–C–C–N with tert-alkyl or cyclic N) is 1. The third-order valence-electron chi connectivity index (χ3n) is 4.35. The molecule has 1 N–H and O–H groups in total. The molecule has 0 atom stereocenters. The van der Waals surface area contributed by atoms with Gasteiger partial charge in [-0.3, -0.25) is 4.90 Å². The lowest BCUT2D eigenvalue weighted by Gasteiger charge is -2.40. The highest BCUT2D eigenvalue weighted by Crippen LogP contribution is 2.37. The van der Waals surface area contributed by atoms with E-state index < -0.39 is 0 Å². The van der Waals surface area contributed by atoms with E-state index in [1.807, 2.05) is 0 Å². The fourth-order valence-electron chi connectivity index (χ4n) is 3.33. The second kappa shape index (κ2) is 4.90. The van der Waals surface area contributed by atoms with Gasteiger partial charge in [0.15, 0.2) is 0 Å². The van der Waals surface area contributed by atoms with Gasteiger partial charge in [0.05, 0.1) is 6.61 Å². The van der Waals surface area contributed by atoms with E-state index in [4.69, 9.17) is 5.11 Å². The number of aliphatic hydroxyl groups is 1. The zero-order valence-corrected chi connectivity index (χ0v) is 11.1. The van der Waals surface area contributed by atoms with Gasteiger partial charge >= 0.3 is 0 Å². The maximum atomic E-state index is 8.93. The number of rotatable bonds is 4. The molecule has 0 amide bonds. The molecule has 3 heteroatoms. The molecule has 0 saturated carbocycles. The second-order valence-corrected chi connectivity index (χ2v) is 5.35. The Morgan fingerprint density at radius 3 is 2.89 bits per heavy atom. The minimum atomic E-state index is 0.281. The number of nitrogens with zero attached hydrogens (tertiary/aromatic N) is 2. The first-order chi connectivity index (χ1) is 8.83. The van der Waals surface area contributed by atoms with E-state index in [2.05, 4.69) is 34.9 Å². The van der Waals surface area contributed by atoms with Crippen LogP contribution in [-0.2, 0) is 6.42 Å². The summed E-state index contributed by atoms with van der Waals surface area (Å²) in [6, 6.07) is 6.77. The average molecular weight is 246 g/mol. The van der Waals surface area contributed by atoms with E-state index in [0.29, 0.717) is 5.92 Å². The number of likely N-dealkylation sites (tertiary alicyclic amines) is 1. The van der Waals surface area contributed by atoms with Crippen LogP contribution >= 0.6 is 0 Å². The van der Waals surface area contributed by atoms with Crippen molar-refractivity contribution in [1.29, 1.82) is 0 Å². The molecule has 98 valence electrons. The molecule has 1 aromatic carbocycles. The van der Waals surface area contributed by atoms with Crippen molar-refractivity contribution < 1.29 is 5.11 Å². The fraction of sp³-hybridized carbons (Fsp3) is 0.600. The third-order valence-corrected chi connectivity index (χ3v) is 4.35. The Hall–Kier alpha value is -1.06. The minimum Gasteiger partial charge on any atom is -0.395 e.